The van der Waals surface area contributed by atoms with Gasteiger partial charge >= 0.3 is 5.97 Å². The van der Waals surface area contributed by atoms with Gasteiger partial charge in [-0.3, -0.25) is 9.59 Å². The SMILES string of the molecule is COC(=O)CCN(C)C(=O)Cc1cccc(O)c1. The zero-order valence-electron chi connectivity index (χ0n) is 10.5. The van der Waals surface area contributed by atoms with Gasteiger partial charge in [-0.15, -0.1) is 0 Å². The number of hydrogen-bond donors (Lipinski definition) is 1. The molecular formula is C13H17NO4. The predicted molar refractivity (Wildman–Crippen MR) is 66.1 cm³/mol. The average Bonchev–Trinajstić information content (AvgIpc) is 2.35. The first kappa shape index (κ1) is 14.0. The van der Waals surface area contributed by atoms with Gasteiger partial charge in [0.25, 0.3) is 0 Å². The molecule has 0 spiro atoms. The second kappa shape index (κ2) is 6.64. The number of phenolic OH excluding ortho intramolecular Hbond substituents is 1. The monoisotopic (exact) mass is 251 g/mol. The molecule has 1 N–H and O–H groups in total. The molecule has 1 aromatic carbocycles. The van der Waals surface area contributed by atoms with Crippen molar-refractivity contribution < 1.29 is 19.4 Å². The normalized spacial score (nSPS) is 9.89. The highest BCUT2D eigenvalue weighted by Gasteiger charge is 2.11. The lowest BCUT2D eigenvalue weighted by Crippen LogP contribution is -2.30. The molecule has 0 aliphatic carbocycles. The highest BCUT2D eigenvalue weighted by atomic mass is 16.5. The van der Waals surface area contributed by atoms with Gasteiger partial charge in [-0.25, -0.2) is 0 Å². The van der Waals surface area contributed by atoms with E-state index < -0.39 is 0 Å². The average molecular weight is 251 g/mol. The number of rotatable bonds is 5. The van der Waals surface area contributed by atoms with Crippen molar-refractivity contribution in [3.63, 3.8) is 0 Å². The molecule has 0 aromatic heterocycles. The Hall–Kier alpha value is -2.04. The number of esters is 1. The van der Waals surface area contributed by atoms with E-state index in [0.29, 0.717) is 6.54 Å². The number of carbonyl (C=O) groups is 2. The van der Waals surface area contributed by atoms with E-state index in [1.165, 1.54) is 12.0 Å². The Morgan fingerprint density at radius 3 is 2.72 bits per heavy atom. The third-order valence-electron chi connectivity index (χ3n) is 2.57. The molecule has 0 aliphatic rings. The molecular weight excluding hydrogens is 234 g/mol. The smallest absolute Gasteiger partial charge is 0.307 e. The van der Waals surface area contributed by atoms with Crippen LogP contribution < -0.4 is 0 Å². The molecule has 0 atom stereocenters. The Balaban J connectivity index is 2.47. The maximum atomic E-state index is 11.8. The van der Waals surface area contributed by atoms with Gasteiger partial charge < -0.3 is 14.7 Å². The number of benzene rings is 1. The van der Waals surface area contributed by atoms with Crippen LogP contribution in [0.5, 0.6) is 5.75 Å². The van der Waals surface area contributed by atoms with E-state index in [2.05, 4.69) is 4.74 Å². The number of phenols is 1. The second-order valence-corrected chi connectivity index (χ2v) is 3.99. The van der Waals surface area contributed by atoms with Crippen molar-refractivity contribution in [2.24, 2.45) is 0 Å². The summed E-state index contributed by atoms with van der Waals surface area (Å²) in [6.07, 6.45) is 0.380. The fourth-order valence-electron chi connectivity index (χ4n) is 1.46. The Kier molecular flexibility index (Phi) is 5.17. The summed E-state index contributed by atoms with van der Waals surface area (Å²) in [6.45, 7) is 0.324. The van der Waals surface area contributed by atoms with Crippen molar-refractivity contribution in [1.82, 2.24) is 4.90 Å². The molecule has 98 valence electrons. The summed E-state index contributed by atoms with van der Waals surface area (Å²) in [4.78, 5) is 24.2. The molecule has 1 amide bonds. The maximum absolute atomic E-state index is 11.8. The molecule has 1 aromatic rings. The fourth-order valence-corrected chi connectivity index (χ4v) is 1.46. The molecule has 0 bridgehead atoms. The number of hydrogen-bond acceptors (Lipinski definition) is 4. The number of nitrogens with zero attached hydrogens (tertiary/aromatic N) is 1. The maximum Gasteiger partial charge on any atom is 0.307 e. The van der Waals surface area contributed by atoms with Gasteiger partial charge in [-0.05, 0) is 17.7 Å². The zero-order chi connectivity index (χ0) is 13.5. The van der Waals surface area contributed by atoms with Gasteiger partial charge in [0.05, 0.1) is 20.0 Å². The molecule has 0 fully saturated rings. The van der Waals surface area contributed by atoms with Crippen molar-refractivity contribution >= 4 is 11.9 Å². The van der Waals surface area contributed by atoms with Crippen LogP contribution in [-0.2, 0) is 20.7 Å². The van der Waals surface area contributed by atoms with Crippen LogP contribution in [0.15, 0.2) is 24.3 Å². The van der Waals surface area contributed by atoms with E-state index in [-0.39, 0.29) is 30.5 Å². The van der Waals surface area contributed by atoms with Crippen LogP contribution >= 0.6 is 0 Å². The molecule has 0 aliphatic heterocycles. The van der Waals surface area contributed by atoms with Crippen molar-refractivity contribution in [3.8, 4) is 5.75 Å². The van der Waals surface area contributed by atoms with E-state index in [1.807, 2.05) is 0 Å². The fraction of sp³-hybridized carbons (Fsp3) is 0.385. The third-order valence-corrected chi connectivity index (χ3v) is 2.57. The molecule has 18 heavy (non-hydrogen) atoms. The number of carbonyl (C=O) groups excluding carboxylic acids is 2. The van der Waals surface area contributed by atoms with Crippen molar-refractivity contribution in [3.05, 3.63) is 29.8 Å². The minimum Gasteiger partial charge on any atom is -0.508 e. The van der Waals surface area contributed by atoms with Gasteiger partial charge in [-0.2, -0.15) is 0 Å². The van der Waals surface area contributed by atoms with Crippen LogP contribution in [0.25, 0.3) is 0 Å². The number of aromatic hydroxyl groups is 1. The standard InChI is InChI=1S/C13H17NO4/c1-14(7-6-13(17)18-2)12(16)9-10-4-3-5-11(15)8-10/h3-5,8,15H,6-7,9H2,1-2H3. The first-order valence-electron chi connectivity index (χ1n) is 5.61. The Morgan fingerprint density at radius 2 is 2.11 bits per heavy atom. The molecule has 0 unspecified atom stereocenters. The van der Waals surface area contributed by atoms with Gasteiger partial charge in [0.2, 0.25) is 5.91 Å². The van der Waals surface area contributed by atoms with Crippen LogP contribution in [0.2, 0.25) is 0 Å². The van der Waals surface area contributed by atoms with Crippen molar-refractivity contribution in [2.75, 3.05) is 20.7 Å². The Bertz CT molecular complexity index is 431. The minimum absolute atomic E-state index is 0.107. The van der Waals surface area contributed by atoms with Crippen molar-refractivity contribution in [1.29, 1.82) is 0 Å². The summed E-state index contributed by atoms with van der Waals surface area (Å²) in [5.74, 6) is -0.311. The third kappa shape index (κ3) is 4.45. The molecule has 5 heteroatoms. The van der Waals surface area contributed by atoms with Gasteiger partial charge in [0.1, 0.15) is 5.75 Å². The summed E-state index contributed by atoms with van der Waals surface area (Å²) >= 11 is 0. The van der Waals surface area contributed by atoms with Crippen LogP contribution in [0.1, 0.15) is 12.0 Å². The van der Waals surface area contributed by atoms with E-state index in [4.69, 9.17) is 0 Å². The van der Waals surface area contributed by atoms with E-state index in [0.717, 1.165) is 5.56 Å². The summed E-state index contributed by atoms with van der Waals surface area (Å²) in [5, 5.41) is 9.29. The van der Waals surface area contributed by atoms with E-state index in [9.17, 15) is 14.7 Å². The number of likely N-dealkylation sites (N-methyl/N-ethyl adjacent to an activating group) is 1. The highest BCUT2D eigenvalue weighted by Crippen LogP contribution is 2.12. The first-order valence-corrected chi connectivity index (χ1v) is 5.61. The van der Waals surface area contributed by atoms with Gasteiger partial charge in [0, 0.05) is 13.6 Å². The van der Waals surface area contributed by atoms with Crippen LogP contribution in [0.3, 0.4) is 0 Å². The lowest BCUT2D eigenvalue weighted by Gasteiger charge is -2.16. The molecule has 5 nitrogen and oxygen atoms in total. The molecule has 0 radical (unpaired) electrons. The van der Waals surface area contributed by atoms with Crippen LogP contribution in [0.4, 0.5) is 0 Å². The van der Waals surface area contributed by atoms with Crippen molar-refractivity contribution in [2.45, 2.75) is 12.8 Å². The number of methoxy groups -OCH3 is 1. The second-order valence-electron chi connectivity index (χ2n) is 3.99. The van der Waals surface area contributed by atoms with Crippen LogP contribution in [0, 0.1) is 0 Å². The lowest BCUT2D eigenvalue weighted by atomic mass is 10.1. The lowest BCUT2D eigenvalue weighted by molar-refractivity contribution is -0.141. The molecule has 0 heterocycles. The molecule has 0 saturated heterocycles. The first-order chi connectivity index (χ1) is 8.52. The summed E-state index contributed by atoms with van der Waals surface area (Å²) in [7, 11) is 2.95. The summed E-state index contributed by atoms with van der Waals surface area (Å²) in [6, 6.07) is 6.55. The summed E-state index contributed by atoms with van der Waals surface area (Å²) < 4.78 is 4.50. The minimum atomic E-state index is -0.341. The topological polar surface area (TPSA) is 66.8 Å². The number of ether oxygens (including phenoxy) is 1. The summed E-state index contributed by atoms with van der Waals surface area (Å²) in [5.41, 5.74) is 0.741. The molecule has 0 saturated carbocycles. The zero-order valence-corrected chi connectivity index (χ0v) is 10.5. The highest BCUT2D eigenvalue weighted by molar-refractivity contribution is 5.79. The Morgan fingerprint density at radius 1 is 1.39 bits per heavy atom. The van der Waals surface area contributed by atoms with E-state index >= 15 is 0 Å². The predicted octanol–water partition coefficient (Wildman–Crippen LogP) is 0.956. The number of amides is 1. The van der Waals surface area contributed by atoms with Crippen LogP contribution in [-0.4, -0.2) is 42.6 Å². The van der Waals surface area contributed by atoms with Gasteiger partial charge in [0.15, 0.2) is 0 Å². The largest absolute Gasteiger partial charge is 0.508 e. The quantitative estimate of drug-likeness (QED) is 0.791. The Labute approximate surface area is 106 Å². The molecule has 1 rings (SSSR count). The van der Waals surface area contributed by atoms with Gasteiger partial charge in [-0.1, -0.05) is 12.1 Å². The van der Waals surface area contributed by atoms with E-state index in [1.54, 1.807) is 31.3 Å².